The number of fused-ring (bicyclic) bond motifs is 3. The van der Waals surface area contributed by atoms with Gasteiger partial charge in [0.05, 0.1) is 46.0 Å². The molecule has 6 nitrogen and oxygen atoms in total. The Morgan fingerprint density at radius 2 is 2.00 bits per heavy atom. The lowest BCUT2D eigenvalue weighted by molar-refractivity contribution is 0.142. The van der Waals surface area contributed by atoms with Crippen molar-refractivity contribution in [3.8, 4) is 5.75 Å². The van der Waals surface area contributed by atoms with Crippen molar-refractivity contribution in [2.75, 3.05) is 18.5 Å². The number of halogens is 2. The maximum atomic E-state index is 6.33. The third-order valence-corrected chi connectivity index (χ3v) is 6.50. The second-order valence-corrected chi connectivity index (χ2v) is 8.94. The SMILES string of the molecule is CN1CC=C(Cl)C=c2[nH]c3c(c21)CN=NC=3C1CCC(Oc2cncc(Cl)c2)CC1. The first kappa shape index (κ1) is 19.6. The van der Waals surface area contributed by atoms with Crippen LogP contribution >= 0.6 is 23.2 Å². The van der Waals surface area contributed by atoms with Crippen LogP contribution in [0.4, 0.5) is 5.69 Å². The van der Waals surface area contributed by atoms with Gasteiger partial charge in [0.25, 0.3) is 0 Å². The highest BCUT2D eigenvalue weighted by Crippen LogP contribution is 2.34. The smallest absolute Gasteiger partial charge is 0.139 e. The third-order valence-electron chi connectivity index (χ3n) is 6.03. The van der Waals surface area contributed by atoms with Crippen molar-refractivity contribution < 1.29 is 4.74 Å². The Morgan fingerprint density at radius 3 is 2.80 bits per heavy atom. The molecular formula is C22H23Cl2N5O. The first-order chi connectivity index (χ1) is 14.6. The summed E-state index contributed by atoms with van der Waals surface area (Å²) >= 11 is 12.4. The number of hydrogen-bond donors (Lipinski definition) is 1. The maximum Gasteiger partial charge on any atom is 0.139 e. The molecule has 0 aromatic carbocycles. The van der Waals surface area contributed by atoms with Crippen molar-refractivity contribution in [3.05, 3.63) is 50.9 Å². The average molecular weight is 444 g/mol. The van der Waals surface area contributed by atoms with Crippen molar-refractivity contribution in [3.63, 3.8) is 0 Å². The minimum Gasteiger partial charge on any atom is -0.489 e. The van der Waals surface area contributed by atoms with Crippen LogP contribution in [0.1, 0.15) is 31.2 Å². The topological polar surface area (TPSA) is 65.9 Å². The molecule has 0 bridgehead atoms. The number of H-pyrrole nitrogens is 1. The van der Waals surface area contributed by atoms with Crippen LogP contribution in [0.15, 0.2) is 39.8 Å². The molecule has 0 radical (unpaired) electrons. The number of hydrogen-bond acceptors (Lipinski definition) is 5. The lowest BCUT2D eigenvalue weighted by Gasteiger charge is -2.29. The molecule has 2 aromatic rings. The van der Waals surface area contributed by atoms with Crippen LogP contribution in [0.2, 0.25) is 5.02 Å². The quantitative estimate of drug-likeness (QED) is 0.775. The van der Waals surface area contributed by atoms with Gasteiger partial charge in [-0.1, -0.05) is 23.2 Å². The van der Waals surface area contributed by atoms with Gasteiger partial charge in [-0.05, 0) is 37.8 Å². The standard InChI is InChI=1S/C22H23Cl2N5O/c1-29-7-6-14(23)9-19-22(29)18-12-26-28-20(21(18)27-19)13-2-4-16(5-3-13)30-17-8-15(24)10-25-11-17/h6,8-11,13,16,27H,2-5,7,12H2,1H3. The Bertz CT molecular complexity index is 1140. The van der Waals surface area contributed by atoms with E-state index in [0.717, 1.165) is 59.4 Å². The zero-order valence-electron chi connectivity index (χ0n) is 16.7. The number of nitrogens with zero attached hydrogens (tertiary/aromatic N) is 4. The van der Waals surface area contributed by atoms with E-state index in [-0.39, 0.29) is 6.10 Å². The van der Waals surface area contributed by atoms with E-state index >= 15 is 0 Å². The molecule has 0 atom stereocenters. The molecule has 0 unspecified atom stereocenters. The van der Waals surface area contributed by atoms with Crippen molar-refractivity contribution in [2.24, 2.45) is 16.1 Å². The van der Waals surface area contributed by atoms with Crippen LogP contribution in [-0.4, -0.2) is 29.7 Å². The summed E-state index contributed by atoms with van der Waals surface area (Å²) in [6, 6.07) is 1.82. The highest BCUT2D eigenvalue weighted by molar-refractivity contribution is 6.34. The molecule has 0 spiro atoms. The number of azo groups is 1. The normalized spacial score (nSPS) is 23.2. The highest BCUT2D eigenvalue weighted by Gasteiger charge is 2.29. The number of anilines is 1. The van der Waals surface area contributed by atoms with Crippen molar-refractivity contribution in [1.29, 1.82) is 0 Å². The van der Waals surface area contributed by atoms with Gasteiger partial charge in [-0.2, -0.15) is 10.2 Å². The Hall–Kier alpha value is -2.31. The number of nitrogens with one attached hydrogen (secondary N) is 1. The summed E-state index contributed by atoms with van der Waals surface area (Å²) in [7, 11) is 2.09. The summed E-state index contributed by atoms with van der Waals surface area (Å²) in [6.45, 7) is 1.38. The molecule has 5 rings (SSSR count). The average Bonchev–Trinajstić information content (AvgIpc) is 3.03. The summed E-state index contributed by atoms with van der Waals surface area (Å²) in [6.07, 6.45) is 11.5. The molecule has 8 heteroatoms. The zero-order chi connectivity index (χ0) is 20.7. The van der Waals surface area contributed by atoms with Crippen LogP contribution in [0.25, 0.3) is 11.8 Å². The van der Waals surface area contributed by atoms with Crippen molar-refractivity contribution in [2.45, 2.75) is 38.3 Å². The molecular weight excluding hydrogens is 421 g/mol. The summed E-state index contributed by atoms with van der Waals surface area (Å²) in [5.41, 5.74) is 3.46. The van der Waals surface area contributed by atoms with E-state index in [1.807, 2.05) is 18.2 Å². The van der Waals surface area contributed by atoms with Gasteiger partial charge in [-0.3, -0.25) is 4.98 Å². The Morgan fingerprint density at radius 1 is 1.17 bits per heavy atom. The first-order valence-electron chi connectivity index (χ1n) is 10.3. The fourth-order valence-corrected chi connectivity index (χ4v) is 4.94. The summed E-state index contributed by atoms with van der Waals surface area (Å²) < 4.78 is 6.10. The number of aromatic amines is 1. The van der Waals surface area contributed by atoms with E-state index in [0.29, 0.717) is 17.5 Å². The van der Waals surface area contributed by atoms with Crippen LogP contribution in [0.3, 0.4) is 0 Å². The first-order valence-corrected chi connectivity index (χ1v) is 11.0. The van der Waals surface area contributed by atoms with E-state index < -0.39 is 0 Å². The van der Waals surface area contributed by atoms with Gasteiger partial charge in [-0.15, -0.1) is 0 Å². The molecule has 1 aliphatic carbocycles. The van der Waals surface area contributed by atoms with Crippen LogP contribution in [0.5, 0.6) is 5.75 Å². The fourth-order valence-electron chi connectivity index (χ4n) is 4.60. The predicted octanol–water partition coefficient (Wildman–Crippen LogP) is 4.13. The van der Waals surface area contributed by atoms with Crippen LogP contribution in [0, 0.1) is 5.92 Å². The summed E-state index contributed by atoms with van der Waals surface area (Å²) in [5.74, 6) is 1.10. The predicted molar refractivity (Wildman–Crippen MR) is 119 cm³/mol. The highest BCUT2D eigenvalue weighted by atomic mass is 35.5. The second-order valence-electron chi connectivity index (χ2n) is 8.07. The molecule has 30 heavy (non-hydrogen) atoms. The zero-order valence-corrected chi connectivity index (χ0v) is 18.2. The van der Waals surface area contributed by atoms with Gasteiger partial charge in [0.15, 0.2) is 0 Å². The van der Waals surface area contributed by atoms with Gasteiger partial charge in [0.2, 0.25) is 0 Å². The van der Waals surface area contributed by atoms with E-state index in [1.165, 1.54) is 11.3 Å². The molecule has 4 heterocycles. The van der Waals surface area contributed by atoms with E-state index in [1.54, 1.807) is 12.4 Å². The van der Waals surface area contributed by atoms with Crippen LogP contribution in [-0.2, 0) is 6.54 Å². The molecule has 2 aliphatic heterocycles. The maximum absolute atomic E-state index is 6.33. The number of aromatic nitrogens is 2. The molecule has 1 N–H and O–H groups in total. The van der Waals surface area contributed by atoms with Gasteiger partial charge in [0, 0.05) is 42.4 Å². The Kier molecular flexibility index (Phi) is 5.29. The number of allylic oxidation sites excluding steroid dienone is 1. The molecule has 2 aromatic heterocycles. The molecule has 1 saturated carbocycles. The van der Waals surface area contributed by atoms with Gasteiger partial charge >= 0.3 is 0 Å². The van der Waals surface area contributed by atoms with E-state index in [2.05, 4.69) is 32.1 Å². The number of likely N-dealkylation sites (N-methyl/N-ethyl adjacent to an activating group) is 1. The van der Waals surface area contributed by atoms with E-state index in [9.17, 15) is 0 Å². The third kappa shape index (κ3) is 3.74. The van der Waals surface area contributed by atoms with E-state index in [4.69, 9.17) is 27.9 Å². The number of pyridine rings is 1. The molecule has 0 amide bonds. The lowest BCUT2D eigenvalue weighted by atomic mass is 9.84. The largest absolute Gasteiger partial charge is 0.489 e. The molecule has 1 fully saturated rings. The molecule has 3 aliphatic rings. The Balaban J connectivity index is 1.40. The Labute approximate surface area is 185 Å². The molecule has 0 saturated heterocycles. The minimum absolute atomic E-state index is 0.172. The lowest BCUT2D eigenvalue weighted by Crippen LogP contribution is -2.28. The van der Waals surface area contributed by atoms with Crippen molar-refractivity contribution >= 4 is 40.7 Å². The van der Waals surface area contributed by atoms with Crippen molar-refractivity contribution in [1.82, 2.24) is 9.97 Å². The number of rotatable bonds is 3. The minimum atomic E-state index is 0.172. The van der Waals surface area contributed by atoms with Gasteiger partial charge in [-0.25, -0.2) is 0 Å². The van der Waals surface area contributed by atoms with Gasteiger partial charge in [0.1, 0.15) is 5.75 Å². The fraction of sp³-hybridized carbons (Fsp3) is 0.409. The second kappa shape index (κ2) is 8.08. The van der Waals surface area contributed by atoms with Crippen LogP contribution < -0.4 is 20.3 Å². The molecule has 156 valence electrons. The number of ether oxygens (including phenoxy) is 1. The monoisotopic (exact) mass is 443 g/mol. The summed E-state index contributed by atoms with van der Waals surface area (Å²) in [5, 5.41) is 12.5. The summed E-state index contributed by atoms with van der Waals surface area (Å²) in [4.78, 5) is 9.91. The van der Waals surface area contributed by atoms with Gasteiger partial charge < -0.3 is 14.6 Å².